The zero-order chi connectivity index (χ0) is 24.9. The van der Waals surface area contributed by atoms with E-state index in [0.29, 0.717) is 45.6 Å². The lowest BCUT2D eigenvalue weighted by atomic mass is 10.0. The van der Waals surface area contributed by atoms with Crippen molar-refractivity contribution in [3.8, 4) is 28.5 Å². The quantitative estimate of drug-likeness (QED) is 0.184. The molecule has 0 aliphatic rings. The van der Waals surface area contributed by atoms with Gasteiger partial charge in [0.25, 0.3) is 5.91 Å². The first-order valence-electron chi connectivity index (χ1n) is 11.4. The molecule has 0 aliphatic heterocycles. The van der Waals surface area contributed by atoms with Crippen LogP contribution in [-0.4, -0.2) is 32.9 Å². The van der Waals surface area contributed by atoms with Crippen molar-refractivity contribution in [3.05, 3.63) is 83.9 Å². The van der Waals surface area contributed by atoms with E-state index in [0.717, 1.165) is 5.56 Å². The molecule has 0 radical (unpaired) electrons. The smallest absolute Gasteiger partial charge is 0.272 e. The van der Waals surface area contributed by atoms with Gasteiger partial charge in [-0.2, -0.15) is 5.10 Å². The van der Waals surface area contributed by atoms with Gasteiger partial charge in [-0.25, -0.2) is 10.4 Å². The number of hydrogen-bond donors (Lipinski definition) is 3. The van der Waals surface area contributed by atoms with Crippen molar-refractivity contribution >= 4 is 22.5 Å². The van der Waals surface area contributed by atoms with Crippen LogP contribution in [0.1, 0.15) is 43.1 Å². The predicted octanol–water partition coefficient (Wildman–Crippen LogP) is 5.64. The number of hydrazone groups is 1. The Morgan fingerprint density at radius 1 is 1.00 bits per heavy atom. The van der Waals surface area contributed by atoms with Gasteiger partial charge in [0.1, 0.15) is 17.2 Å². The Kier molecular flexibility index (Phi) is 6.96. The van der Waals surface area contributed by atoms with Crippen molar-refractivity contribution in [1.82, 2.24) is 10.4 Å². The molecule has 7 heteroatoms. The fourth-order valence-corrected chi connectivity index (χ4v) is 3.80. The zero-order valence-corrected chi connectivity index (χ0v) is 19.8. The number of hydrogen-bond acceptors (Lipinski definition) is 6. The maximum Gasteiger partial charge on any atom is 0.272 e. The van der Waals surface area contributed by atoms with Crippen molar-refractivity contribution in [3.63, 3.8) is 0 Å². The van der Waals surface area contributed by atoms with Crippen LogP contribution >= 0.6 is 0 Å². The summed E-state index contributed by atoms with van der Waals surface area (Å²) in [5.41, 5.74) is 5.86. The number of nitrogens with one attached hydrogen (secondary N) is 1. The summed E-state index contributed by atoms with van der Waals surface area (Å²) in [6.07, 6.45) is 0.412. The number of phenolic OH excluding ortho intramolecular Hbond substituents is 2. The summed E-state index contributed by atoms with van der Waals surface area (Å²) < 4.78 is 5.97. The van der Waals surface area contributed by atoms with Crippen LogP contribution in [0.2, 0.25) is 0 Å². The van der Waals surface area contributed by atoms with E-state index in [9.17, 15) is 15.0 Å². The average molecular weight is 470 g/mol. The number of carbonyl (C=O) groups excluding carboxylic acids is 1. The van der Waals surface area contributed by atoms with E-state index >= 15 is 0 Å². The van der Waals surface area contributed by atoms with Crippen LogP contribution in [0.4, 0.5) is 0 Å². The summed E-state index contributed by atoms with van der Waals surface area (Å²) in [7, 11) is 0. The Balaban J connectivity index is 1.76. The fourth-order valence-electron chi connectivity index (χ4n) is 3.80. The van der Waals surface area contributed by atoms with Gasteiger partial charge in [-0.05, 0) is 62.7 Å². The highest BCUT2D eigenvalue weighted by molar-refractivity contribution is 6.09. The minimum atomic E-state index is -0.419. The lowest BCUT2D eigenvalue weighted by molar-refractivity contribution is 0.0956. The topological polar surface area (TPSA) is 104 Å². The molecule has 0 fully saturated rings. The molecule has 0 unspecified atom stereocenters. The van der Waals surface area contributed by atoms with E-state index in [1.807, 2.05) is 69.3 Å². The van der Waals surface area contributed by atoms with Crippen molar-refractivity contribution < 1.29 is 19.7 Å². The third kappa shape index (κ3) is 5.24. The number of ether oxygens (including phenoxy) is 1. The molecule has 7 nitrogen and oxygen atoms in total. The molecule has 0 atom stereocenters. The van der Waals surface area contributed by atoms with Crippen molar-refractivity contribution in [2.75, 3.05) is 0 Å². The van der Waals surface area contributed by atoms with Gasteiger partial charge in [-0.15, -0.1) is 0 Å². The van der Waals surface area contributed by atoms with Gasteiger partial charge < -0.3 is 14.9 Å². The largest absolute Gasteiger partial charge is 0.508 e. The first kappa shape index (κ1) is 23.8. The van der Waals surface area contributed by atoms with E-state index in [1.165, 1.54) is 18.2 Å². The molecular formula is C28H27N3O4. The van der Waals surface area contributed by atoms with Gasteiger partial charge in [-0.1, -0.05) is 37.3 Å². The molecule has 3 aromatic carbocycles. The van der Waals surface area contributed by atoms with E-state index in [1.54, 1.807) is 6.07 Å². The zero-order valence-electron chi connectivity index (χ0n) is 19.8. The second kappa shape index (κ2) is 10.3. The maximum atomic E-state index is 13.3. The highest BCUT2D eigenvalue weighted by Gasteiger charge is 2.17. The predicted molar refractivity (Wildman–Crippen MR) is 137 cm³/mol. The second-order valence-electron chi connectivity index (χ2n) is 8.29. The number of phenols is 2. The molecule has 4 rings (SSSR count). The average Bonchev–Trinajstić information content (AvgIpc) is 2.85. The molecule has 0 bridgehead atoms. The monoisotopic (exact) mass is 469 g/mol. The molecule has 178 valence electrons. The third-order valence-corrected chi connectivity index (χ3v) is 5.40. The first-order chi connectivity index (χ1) is 16.9. The molecule has 0 spiro atoms. The molecule has 0 saturated carbocycles. The highest BCUT2D eigenvalue weighted by Crippen LogP contribution is 2.32. The third-order valence-electron chi connectivity index (χ3n) is 5.40. The van der Waals surface area contributed by atoms with Gasteiger partial charge in [0.2, 0.25) is 0 Å². The lowest BCUT2D eigenvalue weighted by Gasteiger charge is -2.15. The van der Waals surface area contributed by atoms with Crippen LogP contribution < -0.4 is 10.2 Å². The lowest BCUT2D eigenvalue weighted by Crippen LogP contribution is -2.20. The van der Waals surface area contributed by atoms with Gasteiger partial charge in [0.15, 0.2) is 0 Å². The molecule has 4 aromatic rings. The molecule has 35 heavy (non-hydrogen) atoms. The van der Waals surface area contributed by atoms with Crippen molar-refractivity contribution in [1.29, 1.82) is 0 Å². The number of aromatic hydroxyl groups is 2. The van der Waals surface area contributed by atoms with Crippen LogP contribution in [0.3, 0.4) is 0 Å². The molecular weight excluding hydrogens is 442 g/mol. The Morgan fingerprint density at radius 3 is 2.51 bits per heavy atom. The Hall–Kier alpha value is -4.39. The van der Waals surface area contributed by atoms with E-state index < -0.39 is 5.91 Å². The van der Waals surface area contributed by atoms with Gasteiger partial charge in [-0.3, -0.25) is 4.79 Å². The molecule has 0 saturated heterocycles. The number of carbonyl (C=O) groups is 1. The highest BCUT2D eigenvalue weighted by atomic mass is 16.5. The number of nitrogens with zero attached hydrogens (tertiary/aromatic N) is 2. The van der Waals surface area contributed by atoms with Gasteiger partial charge >= 0.3 is 0 Å². The molecule has 1 amide bonds. The SMILES string of the molecule is CC/C(=N/NC(=O)c1cc(-c2ccccc2OC(C)C)nc2ccccc12)c1cc(O)ccc1O. The van der Waals surface area contributed by atoms with Crippen LogP contribution in [0.5, 0.6) is 17.2 Å². The van der Waals surface area contributed by atoms with Crippen LogP contribution in [0.15, 0.2) is 77.9 Å². The molecule has 0 aliphatic carbocycles. The summed E-state index contributed by atoms with van der Waals surface area (Å²) >= 11 is 0. The van der Waals surface area contributed by atoms with Crippen LogP contribution in [0, 0.1) is 0 Å². The number of pyridine rings is 1. The summed E-state index contributed by atoms with van der Waals surface area (Å²) in [5, 5.41) is 24.9. The first-order valence-corrected chi connectivity index (χ1v) is 11.4. The Bertz CT molecular complexity index is 1410. The summed E-state index contributed by atoms with van der Waals surface area (Å²) in [4.78, 5) is 18.1. The summed E-state index contributed by atoms with van der Waals surface area (Å²) in [6.45, 7) is 5.76. The van der Waals surface area contributed by atoms with E-state index in [4.69, 9.17) is 9.72 Å². The van der Waals surface area contributed by atoms with Gasteiger partial charge in [0, 0.05) is 16.5 Å². The Labute approximate surface area is 203 Å². The molecule has 3 N–H and O–H groups in total. The minimum absolute atomic E-state index is 0.00247. The molecule has 1 heterocycles. The molecule has 1 aromatic heterocycles. The van der Waals surface area contributed by atoms with Crippen molar-refractivity contribution in [2.24, 2.45) is 5.10 Å². The number of rotatable bonds is 7. The number of benzene rings is 3. The Morgan fingerprint density at radius 2 is 1.74 bits per heavy atom. The summed E-state index contributed by atoms with van der Waals surface area (Å²) in [6, 6.07) is 20.9. The van der Waals surface area contributed by atoms with E-state index in [-0.39, 0.29) is 17.6 Å². The number of fused-ring (bicyclic) bond motifs is 1. The van der Waals surface area contributed by atoms with Gasteiger partial charge in [0.05, 0.1) is 28.6 Å². The number of amides is 1. The second-order valence-corrected chi connectivity index (χ2v) is 8.29. The summed E-state index contributed by atoms with van der Waals surface area (Å²) in [5.74, 6) is 0.230. The van der Waals surface area contributed by atoms with Crippen molar-refractivity contribution in [2.45, 2.75) is 33.3 Å². The van der Waals surface area contributed by atoms with Crippen LogP contribution in [0.25, 0.3) is 22.2 Å². The van der Waals surface area contributed by atoms with Crippen LogP contribution in [-0.2, 0) is 0 Å². The fraction of sp³-hybridized carbons (Fsp3) is 0.179. The number of aromatic nitrogens is 1. The van der Waals surface area contributed by atoms with E-state index in [2.05, 4.69) is 10.5 Å². The normalized spacial score (nSPS) is 11.6. The maximum absolute atomic E-state index is 13.3. The minimum Gasteiger partial charge on any atom is -0.508 e. The standard InChI is InChI=1S/C28H27N3O4/c1-4-23(22-15-18(32)13-14-26(22)33)30-31-28(34)21-16-25(29-24-11-7-5-9-19(21)24)20-10-6-8-12-27(20)35-17(2)3/h5-17,32-33H,4H2,1-3H3,(H,31,34)/b30-23-. The number of para-hydroxylation sites is 2.